The molecule has 4 aromatic heterocycles. The maximum absolute atomic E-state index is 12.9. The number of nitrogens with zero attached hydrogens (tertiary/aromatic N) is 5. The Kier molecular flexibility index (Phi) is 4.38. The minimum Gasteiger partial charge on any atom is -0.326 e. The average Bonchev–Trinajstić information content (AvgIpc) is 3.18. The molecule has 4 heterocycles. The normalized spacial score (nSPS) is 12.0. The van der Waals surface area contributed by atoms with Crippen LogP contribution in [0.15, 0.2) is 35.6 Å². The van der Waals surface area contributed by atoms with Crippen molar-refractivity contribution in [1.29, 1.82) is 0 Å². The molecule has 0 aliphatic heterocycles. The van der Waals surface area contributed by atoms with E-state index in [-0.39, 0.29) is 22.4 Å². The molecule has 0 saturated carbocycles. The van der Waals surface area contributed by atoms with Crippen LogP contribution in [0.2, 0.25) is 0 Å². The predicted molar refractivity (Wildman–Crippen MR) is 109 cm³/mol. The number of rotatable bonds is 4. The van der Waals surface area contributed by atoms with E-state index in [4.69, 9.17) is 0 Å². The van der Waals surface area contributed by atoms with Gasteiger partial charge in [-0.05, 0) is 24.6 Å². The summed E-state index contributed by atoms with van der Waals surface area (Å²) in [6.45, 7) is 4.91. The first-order valence-electron chi connectivity index (χ1n) is 9.03. The van der Waals surface area contributed by atoms with E-state index in [0.29, 0.717) is 28.3 Å². The molecule has 9 nitrogen and oxygen atoms in total. The zero-order valence-electron chi connectivity index (χ0n) is 16.5. The van der Waals surface area contributed by atoms with E-state index in [0.717, 1.165) is 5.56 Å². The lowest BCUT2D eigenvalue weighted by Crippen LogP contribution is -2.10. The predicted octanol–water partition coefficient (Wildman–Crippen LogP) is 2.34. The second-order valence-corrected chi connectivity index (χ2v) is 9.04. The summed E-state index contributed by atoms with van der Waals surface area (Å²) in [5.41, 5.74) is 3.45. The molecule has 0 aliphatic carbocycles. The van der Waals surface area contributed by atoms with E-state index in [1.54, 1.807) is 43.1 Å². The molecule has 0 aromatic carbocycles. The Morgan fingerprint density at radius 3 is 2.69 bits per heavy atom. The molecule has 1 N–H and O–H groups in total. The Hall–Kier alpha value is -3.27. The molecule has 0 spiro atoms. The molecule has 0 saturated heterocycles. The molecular weight excluding hydrogens is 392 g/mol. The highest BCUT2D eigenvalue weighted by molar-refractivity contribution is 7.91. The number of imidazole rings is 2. The van der Waals surface area contributed by atoms with Crippen molar-refractivity contribution in [2.45, 2.75) is 25.8 Å². The van der Waals surface area contributed by atoms with Gasteiger partial charge in [0.25, 0.3) is 0 Å². The smallest absolute Gasteiger partial charge is 0.221 e. The third kappa shape index (κ3) is 3.15. The standard InChI is InChI=1S/C19H20N6O3S/c1-5-29(27,28)19-16(18-22-14-8-11(2)10-20-17(14)24(18)4)23-15-9-13(21-12(3)26)6-7-25(15)19/h6-10H,5H2,1-4H3,(H,21,26). The lowest BCUT2D eigenvalue weighted by molar-refractivity contribution is -0.114. The van der Waals surface area contributed by atoms with Crippen LogP contribution in [0.3, 0.4) is 0 Å². The van der Waals surface area contributed by atoms with E-state index < -0.39 is 9.84 Å². The average molecular weight is 412 g/mol. The van der Waals surface area contributed by atoms with Gasteiger partial charge < -0.3 is 9.88 Å². The summed E-state index contributed by atoms with van der Waals surface area (Å²) >= 11 is 0. The minimum atomic E-state index is -3.62. The third-order valence-corrected chi connectivity index (χ3v) is 6.37. The number of carbonyl (C=O) groups excluding carboxylic acids is 1. The van der Waals surface area contributed by atoms with Crippen LogP contribution in [0.1, 0.15) is 19.4 Å². The van der Waals surface area contributed by atoms with Gasteiger partial charge in [-0.2, -0.15) is 0 Å². The van der Waals surface area contributed by atoms with Gasteiger partial charge in [-0.15, -0.1) is 0 Å². The van der Waals surface area contributed by atoms with Crippen LogP contribution in [0.5, 0.6) is 0 Å². The topological polar surface area (TPSA) is 111 Å². The van der Waals surface area contributed by atoms with Crippen molar-refractivity contribution in [3.63, 3.8) is 0 Å². The van der Waals surface area contributed by atoms with Crippen LogP contribution < -0.4 is 5.32 Å². The fraction of sp³-hybridized carbons (Fsp3) is 0.263. The van der Waals surface area contributed by atoms with Gasteiger partial charge >= 0.3 is 0 Å². The number of carbonyl (C=O) groups is 1. The van der Waals surface area contributed by atoms with Gasteiger partial charge in [0.05, 0.1) is 5.75 Å². The van der Waals surface area contributed by atoms with E-state index in [2.05, 4.69) is 20.3 Å². The van der Waals surface area contributed by atoms with Crippen LogP contribution in [-0.4, -0.2) is 44.0 Å². The summed E-state index contributed by atoms with van der Waals surface area (Å²) in [7, 11) is -1.84. The molecule has 4 aromatic rings. The Morgan fingerprint density at radius 2 is 2.00 bits per heavy atom. The maximum Gasteiger partial charge on any atom is 0.221 e. The van der Waals surface area contributed by atoms with Crippen molar-refractivity contribution >= 4 is 38.2 Å². The number of aryl methyl sites for hydroxylation is 2. The van der Waals surface area contributed by atoms with Gasteiger partial charge in [0.15, 0.2) is 26.3 Å². The Morgan fingerprint density at radius 1 is 1.24 bits per heavy atom. The van der Waals surface area contributed by atoms with Crippen molar-refractivity contribution in [3.8, 4) is 11.5 Å². The number of sulfone groups is 1. The lowest BCUT2D eigenvalue weighted by Gasteiger charge is -2.06. The molecule has 1 amide bonds. The van der Waals surface area contributed by atoms with E-state index >= 15 is 0 Å². The number of aromatic nitrogens is 5. The second kappa shape index (κ2) is 6.66. The molecule has 0 unspecified atom stereocenters. The maximum atomic E-state index is 12.9. The van der Waals surface area contributed by atoms with Gasteiger partial charge in [-0.1, -0.05) is 6.92 Å². The molecule has 10 heteroatoms. The van der Waals surface area contributed by atoms with E-state index in [9.17, 15) is 13.2 Å². The Bertz CT molecular complexity index is 1380. The monoisotopic (exact) mass is 412 g/mol. The summed E-state index contributed by atoms with van der Waals surface area (Å²) in [6, 6.07) is 5.16. The second-order valence-electron chi connectivity index (χ2n) is 6.84. The fourth-order valence-corrected chi connectivity index (χ4v) is 4.43. The van der Waals surface area contributed by atoms with Crippen LogP contribution in [0, 0.1) is 6.92 Å². The van der Waals surface area contributed by atoms with E-state index in [1.165, 1.54) is 11.3 Å². The van der Waals surface area contributed by atoms with Crippen LogP contribution in [0.25, 0.3) is 28.3 Å². The Labute approximate surface area is 167 Å². The highest BCUT2D eigenvalue weighted by Crippen LogP contribution is 2.31. The molecule has 0 radical (unpaired) electrons. The highest BCUT2D eigenvalue weighted by atomic mass is 32.2. The summed E-state index contributed by atoms with van der Waals surface area (Å²) in [6.07, 6.45) is 3.32. The highest BCUT2D eigenvalue weighted by Gasteiger charge is 2.28. The van der Waals surface area contributed by atoms with Gasteiger partial charge in [-0.3, -0.25) is 9.20 Å². The first-order valence-corrected chi connectivity index (χ1v) is 10.7. The van der Waals surface area contributed by atoms with Crippen LogP contribution in [0.4, 0.5) is 5.69 Å². The molecule has 0 bridgehead atoms. The van der Waals surface area contributed by atoms with Crippen LogP contribution >= 0.6 is 0 Å². The van der Waals surface area contributed by atoms with Crippen LogP contribution in [-0.2, 0) is 21.7 Å². The number of fused-ring (bicyclic) bond motifs is 2. The van der Waals surface area contributed by atoms with Crippen molar-refractivity contribution in [1.82, 2.24) is 23.9 Å². The minimum absolute atomic E-state index is 0.0690. The van der Waals surface area contributed by atoms with Crippen molar-refractivity contribution in [2.24, 2.45) is 7.05 Å². The quantitative estimate of drug-likeness (QED) is 0.551. The molecular formula is C19H20N6O3S. The largest absolute Gasteiger partial charge is 0.326 e. The van der Waals surface area contributed by atoms with Crippen molar-refractivity contribution < 1.29 is 13.2 Å². The molecule has 4 rings (SSSR count). The summed E-state index contributed by atoms with van der Waals surface area (Å²) in [5, 5.41) is 2.75. The number of anilines is 1. The fourth-order valence-electron chi connectivity index (χ4n) is 3.27. The molecule has 29 heavy (non-hydrogen) atoms. The van der Waals surface area contributed by atoms with Gasteiger partial charge in [-0.25, -0.2) is 23.4 Å². The van der Waals surface area contributed by atoms with Crippen molar-refractivity contribution in [3.05, 3.63) is 36.2 Å². The van der Waals surface area contributed by atoms with Gasteiger partial charge in [0.1, 0.15) is 16.9 Å². The third-order valence-electron chi connectivity index (χ3n) is 4.63. The molecule has 0 fully saturated rings. The number of amides is 1. The SMILES string of the molecule is CCS(=O)(=O)c1c(-c2nc3cc(C)cnc3n2C)nc2cc(NC(C)=O)ccn12. The number of pyridine rings is 2. The molecule has 150 valence electrons. The van der Waals surface area contributed by atoms with Crippen molar-refractivity contribution in [2.75, 3.05) is 11.1 Å². The summed E-state index contributed by atoms with van der Waals surface area (Å²) in [5.74, 6) is 0.108. The van der Waals surface area contributed by atoms with E-state index in [1.807, 2.05) is 13.0 Å². The lowest BCUT2D eigenvalue weighted by atomic mass is 10.3. The number of hydrogen-bond donors (Lipinski definition) is 1. The summed E-state index contributed by atoms with van der Waals surface area (Å²) in [4.78, 5) is 24.9. The first-order chi connectivity index (χ1) is 13.7. The van der Waals surface area contributed by atoms with Gasteiger partial charge in [0, 0.05) is 38.1 Å². The number of hydrogen-bond acceptors (Lipinski definition) is 6. The zero-order chi connectivity index (χ0) is 20.9. The molecule has 0 aliphatic rings. The summed E-state index contributed by atoms with van der Waals surface area (Å²) < 4.78 is 29.1. The number of nitrogens with one attached hydrogen (secondary N) is 1. The molecule has 0 atom stereocenters. The first kappa shape index (κ1) is 19.1. The van der Waals surface area contributed by atoms with Gasteiger partial charge in [0.2, 0.25) is 5.91 Å². The zero-order valence-corrected chi connectivity index (χ0v) is 17.3. The Balaban J connectivity index is 2.04.